The van der Waals surface area contributed by atoms with Crippen LogP contribution < -0.4 is 4.90 Å². The molecule has 0 unspecified atom stereocenters. The highest BCUT2D eigenvalue weighted by Crippen LogP contribution is 2.33. The van der Waals surface area contributed by atoms with Gasteiger partial charge in [0.15, 0.2) is 0 Å². The average Bonchev–Trinajstić information content (AvgIpc) is 2.71. The van der Waals surface area contributed by atoms with Crippen LogP contribution in [0.1, 0.15) is 20.7 Å². The van der Waals surface area contributed by atoms with Gasteiger partial charge in [-0.2, -0.15) is 0 Å². The number of hydrogen-bond acceptors (Lipinski definition) is 4. The van der Waals surface area contributed by atoms with Crippen molar-refractivity contribution in [3.63, 3.8) is 0 Å². The summed E-state index contributed by atoms with van der Waals surface area (Å²) in [5, 5.41) is 0. The number of halogens is 3. The highest BCUT2D eigenvalue weighted by molar-refractivity contribution is 8.13. The van der Waals surface area contributed by atoms with Crippen LogP contribution in [0.4, 0.5) is 14.5 Å². The van der Waals surface area contributed by atoms with E-state index in [0.717, 1.165) is 0 Å². The summed E-state index contributed by atoms with van der Waals surface area (Å²) in [7, 11) is 0.555. The van der Waals surface area contributed by atoms with Gasteiger partial charge in [-0.3, -0.25) is 9.59 Å². The topological polar surface area (TPSA) is 71.5 Å². The van der Waals surface area contributed by atoms with E-state index in [1.54, 1.807) is 0 Å². The first kappa shape index (κ1) is 15.6. The largest absolute Gasteiger partial charge is 0.268 e. The Morgan fingerprint density at radius 1 is 0.913 bits per heavy atom. The van der Waals surface area contributed by atoms with E-state index < -0.39 is 43.1 Å². The SMILES string of the molecule is O=C1c2ccccc2C(=O)N1c1cc(S(=O)(=O)Cl)c(F)cc1F. The van der Waals surface area contributed by atoms with Gasteiger partial charge in [0.1, 0.15) is 16.5 Å². The Labute approximate surface area is 133 Å². The molecular formula is C14H6ClF2NO4S. The minimum absolute atomic E-state index is 0.0384. The lowest BCUT2D eigenvalue weighted by atomic mass is 10.1. The van der Waals surface area contributed by atoms with Gasteiger partial charge in [0.25, 0.3) is 20.9 Å². The van der Waals surface area contributed by atoms with E-state index >= 15 is 0 Å². The summed E-state index contributed by atoms with van der Waals surface area (Å²) >= 11 is 0. The second kappa shape index (κ2) is 5.10. The van der Waals surface area contributed by atoms with Crippen LogP contribution >= 0.6 is 10.7 Å². The normalized spacial score (nSPS) is 14.3. The van der Waals surface area contributed by atoms with Crippen LogP contribution in [0.15, 0.2) is 41.3 Å². The molecule has 2 aromatic carbocycles. The molecule has 2 amide bonds. The van der Waals surface area contributed by atoms with Crippen molar-refractivity contribution in [1.29, 1.82) is 0 Å². The zero-order valence-corrected chi connectivity index (χ0v) is 12.7. The Morgan fingerprint density at radius 2 is 1.43 bits per heavy atom. The molecule has 0 spiro atoms. The third-order valence-corrected chi connectivity index (χ3v) is 4.64. The summed E-state index contributed by atoms with van der Waals surface area (Å²) in [6.07, 6.45) is 0. The molecule has 1 heterocycles. The van der Waals surface area contributed by atoms with E-state index in [9.17, 15) is 26.8 Å². The summed E-state index contributed by atoms with van der Waals surface area (Å²) in [6, 6.07) is 6.56. The third-order valence-electron chi connectivity index (χ3n) is 3.30. The number of nitrogens with zero attached hydrogens (tertiary/aromatic N) is 1. The standard InChI is InChI=1S/C14H6ClF2NO4S/c15-23(21,22)12-6-11(9(16)5-10(12)17)18-13(19)7-3-1-2-4-8(7)14(18)20/h1-6H. The van der Waals surface area contributed by atoms with E-state index in [2.05, 4.69) is 0 Å². The van der Waals surface area contributed by atoms with Gasteiger partial charge in [-0.05, 0) is 18.2 Å². The van der Waals surface area contributed by atoms with E-state index in [-0.39, 0.29) is 17.2 Å². The zero-order valence-electron chi connectivity index (χ0n) is 11.1. The number of carbonyl (C=O) groups excluding carboxylic acids is 2. The van der Waals surface area contributed by atoms with Crippen molar-refractivity contribution in [1.82, 2.24) is 0 Å². The van der Waals surface area contributed by atoms with Gasteiger partial charge < -0.3 is 0 Å². The van der Waals surface area contributed by atoms with Crippen molar-refractivity contribution < 1.29 is 26.8 Å². The average molecular weight is 358 g/mol. The third kappa shape index (κ3) is 2.40. The van der Waals surface area contributed by atoms with Crippen LogP contribution in [0.3, 0.4) is 0 Å². The highest BCUT2D eigenvalue weighted by atomic mass is 35.7. The van der Waals surface area contributed by atoms with Gasteiger partial charge in [0, 0.05) is 16.7 Å². The first-order valence-electron chi connectivity index (χ1n) is 6.13. The predicted molar refractivity (Wildman–Crippen MR) is 77.0 cm³/mol. The van der Waals surface area contributed by atoms with Gasteiger partial charge in [-0.1, -0.05) is 12.1 Å². The molecule has 0 bridgehead atoms. The molecular weight excluding hydrogens is 352 g/mol. The van der Waals surface area contributed by atoms with E-state index in [1.165, 1.54) is 24.3 Å². The molecule has 0 saturated heterocycles. The van der Waals surface area contributed by atoms with E-state index in [0.29, 0.717) is 11.0 Å². The lowest BCUT2D eigenvalue weighted by molar-refractivity contribution is 0.0924. The molecule has 9 heteroatoms. The minimum atomic E-state index is -4.52. The lowest BCUT2D eigenvalue weighted by Crippen LogP contribution is -2.30. The van der Waals surface area contributed by atoms with Crippen molar-refractivity contribution in [2.45, 2.75) is 4.90 Å². The Kier molecular flexibility index (Phi) is 3.46. The van der Waals surface area contributed by atoms with Gasteiger partial charge >= 0.3 is 0 Å². The van der Waals surface area contributed by atoms with Crippen molar-refractivity contribution >= 4 is 37.2 Å². The molecule has 5 nitrogen and oxygen atoms in total. The van der Waals surface area contributed by atoms with Crippen LogP contribution in [0.5, 0.6) is 0 Å². The fourth-order valence-electron chi connectivity index (χ4n) is 2.28. The second-order valence-corrected chi connectivity index (χ2v) is 7.20. The molecule has 0 saturated carbocycles. The van der Waals surface area contributed by atoms with Gasteiger partial charge in [0.05, 0.1) is 16.8 Å². The number of carbonyl (C=O) groups is 2. The van der Waals surface area contributed by atoms with E-state index in [1.807, 2.05) is 0 Å². The number of hydrogen-bond donors (Lipinski definition) is 0. The molecule has 118 valence electrons. The molecule has 0 fully saturated rings. The zero-order chi connectivity index (χ0) is 16.9. The Balaban J connectivity index is 2.21. The monoisotopic (exact) mass is 357 g/mol. The summed E-state index contributed by atoms with van der Waals surface area (Å²) in [4.78, 5) is 24.0. The number of amides is 2. The van der Waals surface area contributed by atoms with E-state index in [4.69, 9.17) is 10.7 Å². The van der Waals surface area contributed by atoms with Gasteiger partial charge in [0.2, 0.25) is 0 Å². The number of fused-ring (bicyclic) bond motifs is 1. The number of imide groups is 1. The number of benzene rings is 2. The Hall–Kier alpha value is -2.32. The molecule has 0 radical (unpaired) electrons. The first-order chi connectivity index (χ1) is 10.7. The maximum Gasteiger partial charge on any atom is 0.266 e. The fourth-order valence-corrected chi connectivity index (χ4v) is 3.18. The molecule has 3 rings (SSSR count). The van der Waals surface area contributed by atoms with Gasteiger partial charge in [-0.15, -0.1) is 0 Å². The molecule has 2 aromatic rings. The molecule has 1 aliphatic heterocycles. The van der Waals surface area contributed by atoms with Crippen molar-refractivity contribution in [3.05, 3.63) is 59.2 Å². The second-order valence-electron chi connectivity index (χ2n) is 4.66. The van der Waals surface area contributed by atoms with Gasteiger partial charge in [-0.25, -0.2) is 22.1 Å². The summed E-state index contributed by atoms with van der Waals surface area (Å²) < 4.78 is 50.3. The molecule has 0 atom stereocenters. The van der Waals surface area contributed by atoms with Crippen molar-refractivity contribution in [2.24, 2.45) is 0 Å². The number of rotatable bonds is 2. The maximum atomic E-state index is 14.0. The maximum absolute atomic E-state index is 14.0. The van der Waals surface area contributed by atoms with Crippen LogP contribution in [0.25, 0.3) is 0 Å². The minimum Gasteiger partial charge on any atom is -0.268 e. The summed E-state index contributed by atoms with van der Waals surface area (Å²) in [6.45, 7) is 0. The highest BCUT2D eigenvalue weighted by Gasteiger charge is 2.38. The van der Waals surface area contributed by atoms with Crippen LogP contribution in [-0.2, 0) is 9.05 Å². The van der Waals surface area contributed by atoms with Crippen LogP contribution in [-0.4, -0.2) is 20.2 Å². The fraction of sp³-hybridized carbons (Fsp3) is 0. The first-order valence-corrected chi connectivity index (χ1v) is 8.44. The van der Waals surface area contributed by atoms with Crippen molar-refractivity contribution in [3.8, 4) is 0 Å². The number of anilines is 1. The smallest absolute Gasteiger partial charge is 0.266 e. The Bertz CT molecular complexity index is 940. The Morgan fingerprint density at radius 3 is 1.91 bits per heavy atom. The van der Waals surface area contributed by atoms with Crippen LogP contribution in [0.2, 0.25) is 0 Å². The molecule has 0 aromatic heterocycles. The quantitative estimate of drug-likeness (QED) is 0.612. The van der Waals surface area contributed by atoms with Crippen LogP contribution in [0, 0.1) is 11.6 Å². The summed E-state index contributed by atoms with van der Waals surface area (Å²) in [5.74, 6) is -4.36. The molecule has 1 aliphatic rings. The molecule has 0 N–H and O–H groups in total. The molecule has 23 heavy (non-hydrogen) atoms. The molecule has 0 aliphatic carbocycles. The van der Waals surface area contributed by atoms with Crippen molar-refractivity contribution in [2.75, 3.05) is 4.90 Å². The summed E-state index contributed by atoms with van der Waals surface area (Å²) in [5.41, 5.74) is -0.607. The lowest BCUT2D eigenvalue weighted by Gasteiger charge is -2.15. The predicted octanol–water partition coefficient (Wildman–Crippen LogP) is 2.69.